The number of carbonyl (C=O) groups is 1. The largest absolute Gasteiger partial charge is 0.481 e. The van der Waals surface area contributed by atoms with E-state index in [4.69, 9.17) is 5.11 Å². The van der Waals surface area contributed by atoms with E-state index < -0.39 is 5.97 Å². The maximum Gasteiger partial charge on any atom is 0.304 e. The Morgan fingerprint density at radius 2 is 2.50 bits per heavy atom. The zero-order valence-corrected chi connectivity index (χ0v) is 9.46. The zero-order chi connectivity index (χ0) is 11.5. The molecule has 1 aliphatic heterocycles. The van der Waals surface area contributed by atoms with Crippen molar-refractivity contribution < 1.29 is 9.90 Å². The highest BCUT2D eigenvalue weighted by molar-refractivity contribution is 5.66. The Labute approximate surface area is 94.7 Å². The van der Waals surface area contributed by atoms with Crippen molar-refractivity contribution in [3.8, 4) is 0 Å². The summed E-state index contributed by atoms with van der Waals surface area (Å²) in [6, 6.07) is 0.355. The third-order valence-electron chi connectivity index (χ3n) is 3.09. The molecule has 88 valence electrons. The molecule has 0 bridgehead atoms. The fourth-order valence-electron chi connectivity index (χ4n) is 2.32. The van der Waals surface area contributed by atoms with Crippen LogP contribution in [-0.2, 0) is 11.8 Å². The topological polar surface area (TPSA) is 58.4 Å². The zero-order valence-electron chi connectivity index (χ0n) is 9.46. The lowest BCUT2D eigenvalue weighted by molar-refractivity contribution is -0.137. The Hall–Kier alpha value is -1.36. The van der Waals surface area contributed by atoms with Crippen LogP contribution in [0.15, 0.2) is 12.4 Å². The van der Waals surface area contributed by atoms with Crippen molar-refractivity contribution >= 4 is 5.97 Å². The molecule has 0 saturated carbocycles. The summed E-state index contributed by atoms with van der Waals surface area (Å²) in [7, 11) is 1.90. The molecule has 1 aromatic heterocycles. The summed E-state index contributed by atoms with van der Waals surface area (Å²) < 4.78 is 1.79. The molecule has 1 atom stereocenters. The van der Waals surface area contributed by atoms with E-state index in [1.165, 1.54) is 5.56 Å². The van der Waals surface area contributed by atoms with E-state index in [1.807, 2.05) is 19.4 Å². The van der Waals surface area contributed by atoms with Crippen LogP contribution in [0.4, 0.5) is 0 Å². The minimum atomic E-state index is -0.725. The van der Waals surface area contributed by atoms with Crippen LogP contribution in [0.25, 0.3) is 0 Å². The quantitative estimate of drug-likeness (QED) is 0.828. The maximum absolute atomic E-state index is 10.6. The summed E-state index contributed by atoms with van der Waals surface area (Å²) >= 11 is 0. The fourth-order valence-corrected chi connectivity index (χ4v) is 2.32. The Kier molecular flexibility index (Phi) is 3.24. The van der Waals surface area contributed by atoms with Gasteiger partial charge < -0.3 is 5.11 Å². The lowest BCUT2D eigenvalue weighted by atomic mass is 10.1. The molecule has 16 heavy (non-hydrogen) atoms. The fraction of sp³-hybridized carbons (Fsp3) is 0.636. The molecule has 2 rings (SSSR count). The van der Waals surface area contributed by atoms with Gasteiger partial charge in [0.2, 0.25) is 0 Å². The van der Waals surface area contributed by atoms with Gasteiger partial charge in [-0.15, -0.1) is 0 Å². The number of hydrogen-bond donors (Lipinski definition) is 1. The smallest absolute Gasteiger partial charge is 0.304 e. The number of likely N-dealkylation sites (tertiary alicyclic amines) is 1. The summed E-state index contributed by atoms with van der Waals surface area (Å²) in [4.78, 5) is 12.8. The second kappa shape index (κ2) is 4.65. The van der Waals surface area contributed by atoms with E-state index in [1.54, 1.807) is 4.68 Å². The first-order chi connectivity index (χ1) is 7.66. The predicted molar refractivity (Wildman–Crippen MR) is 59.0 cm³/mol. The van der Waals surface area contributed by atoms with E-state index in [0.29, 0.717) is 12.6 Å². The molecular formula is C11H17N3O2. The van der Waals surface area contributed by atoms with Crippen LogP contribution in [-0.4, -0.2) is 38.8 Å². The molecular weight excluding hydrogens is 206 g/mol. The summed E-state index contributed by atoms with van der Waals surface area (Å²) in [6.07, 6.45) is 6.36. The van der Waals surface area contributed by atoms with Crippen LogP contribution in [0.5, 0.6) is 0 Å². The second-order valence-corrected chi connectivity index (χ2v) is 4.29. The van der Waals surface area contributed by atoms with Gasteiger partial charge in [0.15, 0.2) is 0 Å². The molecule has 1 saturated heterocycles. The van der Waals surface area contributed by atoms with Crippen molar-refractivity contribution in [1.29, 1.82) is 0 Å². The Morgan fingerprint density at radius 3 is 3.12 bits per heavy atom. The first-order valence-electron chi connectivity index (χ1n) is 5.61. The molecule has 1 aromatic rings. The summed E-state index contributed by atoms with van der Waals surface area (Å²) in [5.41, 5.74) is 1.20. The number of carboxylic acids is 1. The van der Waals surface area contributed by atoms with Crippen LogP contribution in [0.3, 0.4) is 0 Å². The van der Waals surface area contributed by atoms with E-state index in [2.05, 4.69) is 10.00 Å². The third kappa shape index (κ3) is 2.41. The van der Waals surface area contributed by atoms with Gasteiger partial charge in [0.1, 0.15) is 0 Å². The standard InChI is InChI=1S/C11H17N3O2/c1-13-8-9(7-12-13)10-3-2-5-14(10)6-4-11(15)16/h7-8,10H,2-6H2,1H3,(H,15,16)/t10-/m0/s1. The lowest BCUT2D eigenvalue weighted by Gasteiger charge is -2.22. The summed E-state index contributed by atoms with van der Waals surface area (Å²) in [5.74, 6) is -0.725. The highest BCUT2D eigenvalue weighted by atomic mass is 16.4. The van der Waals surface area contributed by atoms with Crippen molar-refractivity contribution in [3.05, 3.63) is 18.0 Å². The molecule has 0 aliphatic carbocycles. The molecule has 0 spiro atoms. The molecule has 0 amide bonds. The SMILES string of the molecule is Cn1cc([C@@H]2CCCN2CCC(=O)O)cn1. The minimum absolute atomic E-state index is 0.219. The van der Waals surface area contributed by atoms with Crippen LogP contribution < -0.4 is 0 Å². The van der Waals surface area contributed by atoms with Crippen molar-refractivity contribution in [2.45, 2.75) is 25.3 Å². The van der Waals surface area contributed by atoms with Gasteiger partial charge in [-0.3, -0.25) is 14.4 Å². The highest BCUT2D eigenvalue weighted by Crippen LogP contribution is 2.31. The number of aryl methyl sites for hydroxylation is 1. The number of aromatic nitrogens is 2. The third-order valence-corrected chi connectivity index (χ3v) is 3.09. The van der Waals surface area contributed by atoms with Gasteiger partial charge in [-0.2, -0.15) is 5.10 Å². The number of rotatable bonds is 4. The van der Waals surface area contributed by atoms with Gasteiger partial charge in [0, 0.05) is 31.4 Å². The van der Waals surface area contributed by atoms with Crippen molar-refractivity contribution in [1.82, 2.24) is 14.7 Å². The number of hydrogen-bond acceptors (Lipinski definition) is 3. The summed E-state index contributed by atoms with van der Waals surface area (Å²) in [5, 5.41) is 12.9. The van der Waals surface area contributed by atoms with Gasteiger partial charge >= 0.3 is 5.97 Å². The second-order valence-electron chi connectivity index (χ2n) is 4.29. The number of carboxylic acid groups (broad SMARTS) is 1. The molecule has 2 heterocycles. The Morgan fingerprint density at radius 1 is 1.69 bits per heavy atom. The van der Waals surface area contributed by atoms with Crippen LogP contribution in [0.1, 0.15) is 30.9 Å². The van der Waals surface area contributed by atoms with Crippen LogP contribution >= 0.6 is 0 Å². The summed E-state index contributed by atoms with van der Waals surface area (Å²) in [6.45, 7) is 1.63. The molecule has 0 aromatic carbocycles. The lowest BCUT2D eigenvalue weighted by Crippen LogP contribution is -2.25. The van der Waals surface area contributed by atoms with Gasteiger partial charge in [0.05, 0.1) is 12.6 Å². The predicted octanol–water partition coefficient (Wildman–Crippen LogP) is 1.03. The van der Waals surface area contributed by atoms with Crippen molar-refractivity contribution in [2.75, 3.05) is 13.1 Å². The van der Waals surface area contributed by atoms with E-state index in [9.17, 15) is 4.79 Å². The number of aliphatic carboxylic acids is 1. The van der Waals surface area contributed by atoms with Crippen molar-refractivity contribution in [2.24, 2.45) is 7.05 Å². The molecule has 1 fully saturated rings. The average Bonchev–Trinajstić information content (AvgIpc) is 2.82. The minimum Gasteiger partial charge on any atom is -0.481 e. The van der Waals surface area contributed by atoms with Gasteiger partial charge in [-0.1, -0.05) is 0 Å². The Balaban J connectivity index is 2.00. The van der Waals surface area contributed by atoms with E-state index in [-0.39, 0.29) is 6.42 Å². The first-order valence-corrected chi connectivity index (χ1v) is 5.61. The van der Waals surface area contributed by atoms with Gasteiger partial charge in [-0.25, -0.2) is 0 Å². The van der Waals surface area contributed by atoms with E-state index >= 15 is 0 Å². The molecule has 5 heteroatoms. The molecule has 0 unspecified atom stereocenters. The van der Waals surface area contributed by atoms with Crippen LogP contribution in [0, 0.1) is 0 Å². The molecule has 1 aliphatic rings. The molecule has 0 radical (unpaired) electrons. The van der Waals surface area contributed by atoms with Gasteiger partial charge in [0.25, 0.3) is 0 Å². The normalized spacial score (nSPS) is 21.4. The molecule has 1 N–H and O–H groups in total. The van der Waals surface area contributed by atoms with Crippen molar-refractivity contribution in [3.63, 3.8) is 0 Å². The van der Waals surface area contributed by atoms with Crippen LogP contribution in [0.2, 0.25) is 0 Å². The monoisotopic (exact) mass is 223 g/mol. The first kappa shape index (κ1) is 11.1. The highest BCUT2D eigenvalue weighted by Gasteiger charge is 2.26. The average molecular weight is 223 g/mol. The van der Waals surface area contributed by atoms with E-state index in [0.717, 1.165) is 19.4 Å². The Bertz CT molecular complexity index is 375. The maximum atomic E-state index is 10.6. The number of nitrogens with zero attached hydrogens (tertiary/aromatic N) is 3. The van der Waals surface area contributed by atoms with Gasteiger partial charge in [-0.05, 0) is 19.4 Å². The molecule has 5 nitrogen and oxygen atoms in total.